The molecule has 0 N–H and O–H groups in total. The fourth-order valence-electron chi connectivity index (χ4n) is 3.03. The number of ether oxygens (including phenoxy) is 1. The lowest BCUT2D eigenvalue weighted by molar-refractivity contribution is -0.388. The molecule has 2 aliphatic rings. The van der Waals surface area contributed by atoms with Gasteiger partial charge in [0.15, 0.2) is 4.90 Å². The van der Waals surface area contributed by atoms with Gasteiger partial charge in [-0.15, -0.1) is 0 Å². The van der Waals surface area contributed by atoms with Crippen LogP contribution in [0.3, 0.4) is 0 Å². The van der Waals surface area contributed by atoms with Crippen LogP contribution in [0.4, 0.5) is 5.69 Å². The summed E-state index contributed by atoms with van der Waals surface area (Å²) >= 11 is 0. The summed E-state index contributed by atoms with van der Waals surface area (Å²) in [6.45, 7) is 5.23. The first-order valence-electron chi connectivity index (χ1n) is 7.47. The third-order valence-corrected chi connectivity index (χ3v) is 6.40. The summed E-state index contributed by atoms with van der Waals surface area (Å²) < 4.78 is 32.1. The van der Waals surface area contributed by atoms with E-state index in [1.807, 2.05) is 0 Å². The van der Waals surface area contributed by atoms with E-state index in [1.165, 1.54) is 16.4 Å². The van der Waals surface area contributed by atoms with Gasteiger partial charge in [-0.05, 0) is 12.5 Å². The van der Waals surface area contributed by atoms with Gasteiger partial charge in [-0.1, -0.05) is 12.1 Å². The zero-order valence-electron chi connectivity index (χ0n) is 12.8. The van der Waals surface area contributed by atoms with E-state index in [1.54, 1.807) is 13.0 Å². The smallest absolute Gasteiger partial charge is 0.289 e. The molecule has 0 aliphatic carbocycles. The highest BCUT2D eigenvalue weighted by molar-refractivity contribution is 7.89. The summed E-state index contributed by atoms with van der Waals surface area (Å²) in [4.78, 5) is 12.5. The number of nitro benzene ring substituents is 1. The topological polar surface area (TPSA) is 93.0 Å². The molecule has 0 amide bonds. The second-order valence-electron chi connectivity index (χ2n) is 5.80. The van der Waals surface area contributed by atoms with Crippen LogP contribution in [0.5, 0.6) is 0 Å². The van der Waals surface area contributed by atoms with E-state index in [4.69, 9.17) is 4.74 Å². The Kier molecular flexibility index (Phi) is 4.37. The third kappa shape index (κ3) is 2.97. The molecule has 2 aliphatic heterocycles. The zero-order valence-corrected chi connectivity index (χ0v) is 13.7. The Labute approximate surface area is 134 Å². The Balaban J connectivity index is 1.80. The van der Waals surface area contributed by atoms with Crippen LogP contribution in [-0.2, 0) is 14.8 Å². The molecule has 0 saturated carbocycles. The van der Waals surface area contributed by atoms with Gasteiger partial charge in [0.05, 0.1) is 18.1 Å². The standard InChI is InChI=1S/C14H19N3O5S/c1-11-3-2-4-13(17(18)19)14(11)23(20,21)16-9-12(10-16)15-5-7-22-8-6-15/h2-4,12H,5-10H2,1H3. The Morgan fingerprint density at radius 3 is 2.52 bits per heavy atom. The van der Waals surface area contributed by atoms with Crippen molar-refractivity contribution in [1.82, 2.24) is 9.21 Å². The number of benzene rings is 1. The molecule has 3 rings (SSSR count). The van der Waals surface area contributed by atoms with Crippen molar-refractivity contribution in [3.05, 3.63) is 33.9 Å². The summed E-state index contributed by atoms with van der Waals surface area (Å²) in [5.41, 5.74) is 0.0360. The largest absolute Gasteiger partial charge is 0.379 e. The SMILES string of the molecule is Cc1cccc([N+](=O)[O-])c1S(=O)(=O)N1CC(N2CCOCC2)C1. The van der Waals surface area contributed by atoms with Gasteiger partial charge in [-0.2, -0.15) is 4.31 Å². The second-order valence-corrected chi connectivity index (χ2v) is 7.68. The summed E-state index contributed by atoms with van der Waals surface area (Å²) in [5, 5.41) is 11.2. The van der Waals surface area contributed by atoms with Crippen molar-refractivity contribution in [2.24, 2.45) is 0 Å². The molecule has 126 valence electrons. The maximum Gasteiger partial charge on any atom is 0.289 e. The Hall–Kier alpha value is -1.55. The predicted octanol–water partition coefficient (Wildman–Crippen LogP) is 0.608. The van der Waals surface area contributed by atoms with E-state index >= 15 is 0 Å². The minimum atomic E-state index is -3.85. The molecular weight excluding hydrogens is 322 g/mol. The molecule has 0 unspecified atom stereocenters. The molecule has 2 fully saturated rings. The first-order valence-corrected chi connectivity index (χ1v) is 8.91. The van der Waals surface area contributed by atoms with Crippen molar-refractivity contribution >= 4 is 15.7 Å². The van der Waals surface area contributed by atoms with Gasteiger partial charge < -0.3 is 4.74 Å². The highest BCUT2D eigenvalue weighted by Gasteiger charge is 2.42. The Morgan fingerprint density at radius 1 is 1.26 bits per heavy atom. The molecule has 23 heavy (non-hydrogen) atoms. The van der Waals surface area contributed by atoms with E-state index in [2.05, 4.69) is 4.90 Å². The molecular formula is C14H19N3O5S. The summed E-state index contributed by atoms with van der Waals surface area (Å²) in [6, 6.07) is 4.48. The second kappa shape index (κ2) is 6.16. The van der Waals surface area contributed by atoms with Gasteiger partial charge in [0.2, 0.25) is 10.0 Å². The molecule has 0 bridgehead atoms. The van der Waals surface area contributed by atoms with Crippen molar-refractivity contribution in [3.63, 3.8) is 0 Å². The van der Waals surface area contributed by atoms with Crippen LogP contribution in [0, 0.1) is 17.0 Å². The first-order chi connectivity index (χ1) is 10.9. The molecule has 0 spiro atoms. The van der Waals surface area contributed by atoms with Gasteiger partial charge in [0, 0.05) is 38.3 Å². The average Bonchev–Trinajstić information content (AvgIpc) is 2.45. The fraction of sp³-hybridized carbons (Fsp3) is 0.571. The monoisotopic (exact) mass is 341 g/mol. The van der Waals surface area contributed by atoms with E-state index in [0.717, 1.165) is 13.1 Å². The number of aryl methyl sites for hydroxylation is 1. The number of hydrogen-bond acceptors (Lipinski definition) is 6. The summed E-state index contributed by atoms with van der Waals surface area (Å²) in [7, 11) is -3.85. The lowest BCUT2D eigenvalue weighted by atomic mass is 10.1. The maximum absolute atomic E-state index is 12.8. The molecule has 2 saturated heterocycles. The van der Waals surface area contributed by atoms with Crippen LogP contribution >= 0.6 is 0 Å². The highest BCUT2D eigenvalue weighted by Crippen LogP contribution is 2.32. The highest BCUT2D eigenvalue weighted by atomic mass is 32.2. The quantitative estimate of drug-likeness (QED) is 0.588. The van der Waals surface area contributed by atoms with Gasteiger partial charge in [-0.25, -0.2) is 8.42 Å². The minimum absolute atomic E-state index is 0.164. The van der Waals surface area contributed by atoms with Crippen LogP contribution in [0.25, 0.3) is 0 Å². The van der Waals surface area contributed by atoms with Crippen LogP contribution in [0.15, 0.2) is 23.1 Å². The third-order valence-electron chi connectivity index (χ3n) is 4.38. The molecule has 0 aromatic heterocycles. The van der Waals surface area contributed by atoms with E-state index in [-0.39, 0.29) is 16.6 Å². The van der Waals surface area contributed by atoms with Crippen LogP contribution in [-0.4, -0.2) is 68.0 Å². The molecule has 9 heteroatoms. The van der Waals surface area contributed by atoms with Crippen molar-refractivity contribution in [2.75, 3.05) is 39.4 Å². The Bertz CT molecular complexity index is 709. The number of morpholine rings is 1. The first kappa shape index (κ1) is 16.3. The maximum atomic E-state index is 12.8. The summed E-state index contributed by atoms with van der Waals surface area (Å²) in [5.74, 6) is 0. The van der Waals surface area contributed by atoms with E-state index in [0.29, 0.717) is 31.9 Å². The molecule has 0 atom stereocenters. The Morgan fingerprint density at radius 2 is 1.91 bits per heavy atom. The minimum Gasteiger partial charge on any atom is -0.379 e. The number of rotatable bonds is 4. The number of hydrogen-bond donors (Lipinski definition) is 0. The van der Waals surface area contributed by atoms with Crippen molar-refractivity contribution in [3.8, 4) is 0 Å². The molecule has 2 heterocycles. The number of nitro groups is 1. The lowest BCUT2D eigenvalue weighted by Gasteiger charge is -2.45. The van der Waals surface area contributed by atoms with Gasteiger partial charge in [0.25, 0.3) is 5.69 Å². The number of nitrogens with zero attached hydrogens (tertiary/aromatic N) is 3. The van der Waals surface area contributed by atoms with E-state index in [9.17, 15) is 18.5 Å². The normalized spacial score (nSPS) is 21.1. The van der Waals surface area contributed by atoms with Crippen molar-refractivity contribution < 1.29 is 18.1 Å². The molecule has 8 nitrogen and oxygen atoms in total. The van der Waals surface area contributed by atoms with Crippen LogP contribution < -0.4 is 0 Å². The van der Waals surface area contributed by atoms with E-state index < -0.39 is 14.9 Å². The van der Waals surface area contributed by atoms with Gasteiger partial charge >= 0.3 is 0 Å². The molecule has 1 aromatic rings. The fourth-order valence-corrected chi connectivity index (χ4v) is 4.91. The van der Waals surface area contributed by atoms with Gasteiger partial charge in [-0.3, -0.25) is 15.0 Å². The summed E-state index contributed by atoms with van der Waals surface area (Å²) in [6.07, 6.45) is 0. The lowest BCUT2D eigenvalue weighted by Crippen LogP contribution is -2.62. The average molecular weight is 341 g/mol. The van der Waals surface area contributed by atoms with Crippen LogP contribution in [0.1, 0.15) is 5.56 Å². The molecule has 1 aromatic carbocycles. The number of sulfonamides is 1. The molecule has 0 radical (unpaired) electrons. The predicted molar refractivity (Wildman–Crippen MR) is 82.8 cm³/mol. The van der Waals surface area contributed by atoms with Crippen molar-refractivity contribution in [1.29, 1.82) is 0 Å². The van der Waals surface area contributed by atoms with Gasteiger partial charge in [0.1, 0.15) is 0 Å². The van der Waals surface area contributed by atoms with Crippen LogP contribution in [0.2, 0.25) is 0 Å². The zero-order chi connectivity index (χ0) is 16.6. The van der Waals surface area contributed by atoms with Crippen molar-refractivity contribution in [2.45, 2.75) is 17.9 Å².